The van der Waals surface area contributed by atoms with E-state index in [0.29, 0.717) is 6.54 Å². The van der Waals surface area contributed by atoms with Gasteiger partial charge in [0, 0.05) is 31.4 Å². The first-order valence-electron chi connectivity index (χ1n) is 8.84. The van der Waals surface area contributed by atoms with Crippen molar-refractivity contribution < 1.29 is 4.92 Å². The van der Waals surface area contributed by atoms with E-state index in [-0.39, 0.29) is 34.6 Å². The molecule has 0 atom stereocenters. The third kappa shape index (κ3) is 8.80. The Kier molecular flexibility index (Phi) is 11.0. The van der Waals surface area contributed by atoms with E-state index < -0.39 is 0 Å². The summed E-state index contributed by atoms with van der Waals surface area (Å²) in [6.07, 6.45) is 4.67. The van der Waals surface area contributed by atoms with E-state index in [1.165, 1.54) is 0 Å². The summed E-state index contributed by atoms with van der Waals surface area (Å²) in [6.45, 7) is 4.20. The van der Waals surface area contributed by atoms with Gasteiger partial charge in [0.05, 0.1) is 17.2 Å². The molecule has 0 unspecified atom stereocenters. The van der Waals surface area contributed by atoms with Gasteiger partial charge < -0.3 is 10.6 Å². The highest BCUT2D eigenvalue weighted by Crippen LogP contribution is 2.13. The molecule has 0 bridgehead atoms. The number of rotatable bonds is 9. The number of hydrogen-bond acceptors (Lipinski definition) is 4. The van der Waals surface area contributed by atoms with Gasteiger partial charge >= 0.3 is 0 Å². The topological polar surface area (TPSA) is 92.5 Å². The molecule has 0 aliphatic rings. The molecule has 0 amide bonds. The fourth-order valence-corrected chi connectivity index (χ4v) is 2.44. The van der Waals surface area contributed by atoms with Crippen molar-refractivity contribution in [3.05, 3.63) is 70.0 Å². The van der Waals surface area contributed by atoms with Gasteiger partial charge in [0.2, 0.25) is 0 Å². The number of guanidine groups is 1. The van der Waals surface area contributed by atoms with Crippen LogP contribution in [0.5, 0.6) is 0 Å². The summed E-state index contributed by atoms with van der Waals surface area (Å²) in [7, 11) is 0. The summed E-state index contributed by atoms with van der Waals surface area (Å²) in [5, 5.41) is 17.2. The molecule has 0 radical (unpaired) electrons. The molecule has 2 rings (SSSR count). The Morgan fingerprint density at radius 3 is 2.56 bits per heavy atom. The predicted molar refractivity (Wildman–Crippen MR) is 119 cm³/mol. The summed E-state index contributed by atoms with van der Waals surface area (Å²) >= 11 is 0. The fourth-order valence-electron chi connectivity index (χ4n) is 2.44. The summed E-state index contributed by atoms with van der Waals surface area (Å²) in [5.41, 5.74) is 2.18. The van der Waals surface area contributed by atoms with Crippen molar-refractivity contribution in [3.63, 3.8) is 0 Å². The number of nitro groups is 1. The molecule has 2 N–H and O–H groups in total. The maximum atomic E-state index is 10.6. The second kappa shape index (κ2) is 13.0. The van der Waals surface area contributed by atoms with E-state index in [2.05, 4.69) is 20.6 Å². The van der Waals surface area contributed by atoms with E-state index in [4.69, 9.17) is 0 Å². The van der Waals surface area contributed by atoms with Gasteiger partial charge in [0.25, 0.3) is 5.69 Å². The van der Waals surface area contributed by atoms with Crippen LogP contribution in [0.2, 0.25) is 0 Å². The number of benzene rings is 1. The first kappa shape index (κ1) is 22.8. The van der Waals surface area contributed by atoms with Crippen LogP contribution in [0.1, 0.15) is 31.0 Å². The number of pyridine rings is 1. The Bertz CT molecular complexity index is 708. The van der Waals surface area contributed by atoms with Gasteiger partial charge in [-0.25, -0.2) is 4.99 Å². The van der Waals surface area contributed by atoms with Crippen molar-refractivity contribution in [2.45, 2.75) is 32.7 Å². The minimum Gasteiger partial charge on any atom is -0.357 e. The molecule has 7 nitrogen and oxygen atoms in total. The predicted octanol–water partition coefficient (Wildman–Crippen LogP) is 3.69. The summed E-state index contributed by atoms with van der Waals surface area (Å²) in [4.78, 5) is 19.1. The number of non-ortho nitro benzene ring substituents is 1. The maximum Gasteiger partial charge on any atom is 0.269 e. The minimum absolute atomic E-state index is 0. The molecule has 1 aromatic heterocycles. The number of nitrogens with one attached hydrogen (secondary N) is 2. The van der Waals surface area contributed by atoms with Crippen molar-refractivity contribution in [1.82, 2.24) is 15.6 Å². The molecule has 0 saturated carbocycles. The summed E-state index contributed by atoms with van der Waals surface area (Å²) in [6, 6.07) is 12.6. The van der Waals surface area contributed by atoms with Crippen LogP contribution in [0.3, 0.4) is 0 Å². The second-order valence-electron chi connectivity index (χ2n) is 5.82. The van der Waals surface area contributed by atoms with Gasteiger partial charge in [-0.1, -0.05) is 18.2 Å². The Labute approximate surface area is 176 Å². The minimum atomic E-state index is -0.375. The highest BCUT2D eigenvalue weighted by molar-refractivity contribution is 14.0. The molecule has 0 spiro atoms. The Morgan fingerprint density at radius 1 is 1.15 bits per heavy atom. The van der Waals surface area contributed by atoms with Crippen LogP contribution in [-0.4, -0.2) is 29.0 Å². The third-order valence-electron chi connectivity index (χ3n) is 3.80. The normalized spacial score (nSPS) is 10.8. The number of halogens is 1. The fraction of sp³-hybridized carbons (Fsp3) is 0.368. The number of aromatic nitrogens is 1. The summed E-state index contributed by atoms with van der Waals surface area (Å²) < 4.78 is 0. The van der Waals surface area contributed by atoms with Gasteiger partial charge in [-0.2, -0.15) is 0 Å². The van der Waals surface area contributed by atoms with E-state index in [9.17, 15) is 10.1 Å². The second-order valence-corrected chi connectivity index (χ2v) is 5.82. The van der Waals surface area contributed by atoms with Crippen LogP contribution in [0.4, 0.5) is 5.69 Å². The Morgan fingerprint density at radius 2 is 1.93 bits per heavy atom. The lowest BCUT2D eigenvalue weighted by Gasteiger charge is -2.11. The number of nitro benzene ring substituents is 1. The van der Waals surface area contributed by atoms with Crippen LogP contribution < -0.4 is 10.6 Å². The Hall–Kier alpha value is -2.23. The van der Waals surface area contributed by atoms with Crippen molar-refractivity contribution >= 4 is 35.6 Å². The zero-order chi connectivity index (χ0) is 18.6. The average Bonchev–Trinajstić information content (AvgIpc) is 2.67. The smallest absolute Gasteiger partial charge is 0.269 e. The monoisotopic (exact) mass is 483 g/mol. The van der Waals surface area contributed by atoms with Gasteiger partial charge in [-0.05, 0) is 43.9 Å². The number of unbranched alkanes of at least 4 members (excludes halogenated alkanes) is 1. The van der Waals surface area contributed by atoms with E-state index in [1.54, 1.807) is 18.3 Å². The first-order chi connectivity index (χ1) is 12.7. The number of nitrogens with zero attached hydrogens (tertiary/aromatic N) is 3. The van der Waals surface area contributed by atoms with Crippen molar-refractivity contribution in [1.29, 1.82) is 0 Å². The lowest BCUT2D eigenvalue weighted by Crippen LogP contribution is -2.37. The van der Waals surface area contributed by atoms with E-state index in [1.807, 2.05) is 37.3 Å². The van der Waals surface area contributed by atoms with Gasteiger partial charge in [-0.15, -0.1) is 24.0 Å². The van der Waals surface area contributed by atoms with Crippen molar-refractivity contribution in [2.24, 2.45) is 4.99 Å². The lowest BCUT2D eigenvalue weighted by molar-refractivity contribution is -0.384. The van der Waals surface area contributed by atoms with Crippen LogP contribution in [0.15, 0.2) is 53.7 Å². The number of aryl methyl sites for hydroxylation is 1. The van der Waals surface area contributed by atoms with E-state index >= 15 is 0 Å². The molecule has 8 heteroatoms. The molecule has 1 aromatic carbocycles. The molecular weight excluding hydrogens is 457 g/mol. The molecule has 0 fully saturated rings. The Balaban J connectivity index is 0.00000364. The van der Waals surface area contributed by atoms with Gasteiger partial charge in [0.1, 0.15) is 0 Å². The van der Waals surface area contributed by atoms with Gasteiger partial charge in [0.15, 0.2) is 5.96 Å². The lowest BCUT2D eigenvalue weighted by atomic mass is 10.1. The SMILES string of the molecule is CCNC(=NCc1ccccn1)NCCCCc1ccc([N+](=O)[O-])cc1.I. The van der Waals surface area contributed by atoms with Crippen LogP contribution in [-0.2, 0) is 13.0 Å². The molecule has 0 saturated heterocycles. The largest absolute Gasteiger partial charge is 0.357 e. The molecule has 0 aliphatic heterocycles. The highest BCUT2D eigenvalue weighted by Gasteiger charge is 2.04. The zero-order valence-corrected chi connectivity index (χ0v) is 17.8. The average molecular weight is 483 g/mol. The zero-order valence-electron chi connectivity index (χ0n) is 15.4. The van der Waals surface area contributed by atoms with Crippen LogP contribution in [0, 0.1) is 10.1 Å². The molecule has 1 heterocycles. The van der Waals surface area contributed by atoms with Crippen molar-refractivity contribution in [2.75, 3.05) is 13.1 Å². The summed E-state index contributed by atoms with van der Waals surface area (Å²) in [5.74, 6) is 0.786. The number of hydrogen-bond donors (Lipinski definition) is 2. The first-order valence-corrected chi connectivity index (χ1v) is 8.84. The van der Waals surface area contributed by atoms with Crippen molar-refractivity contribution in [3.8, 4) is 0 Å². The maximum absolute atomic E-state index is 10.6. The quantitative estimate of drug-likeness (QED) is 0.142. The third-order valence-corrected chi connectivity index (χ3v) is 3.80. The van der Waals surface area contributed by atoms with Crippen LogP contribution in [0.25, 0.3) is 0 Å². The highest BCUT2D eigenvalue weighted by atomic mass is 127. The molecule has 0 aliphatic carbocycles. The standard InChI is InChI=1S/C19H25N5O2.HI/c1-2-20-19(23-15-17-8-4-6-13-21-17)22-14-5-3-7-16-9-11-18(12-10-16)24(25)26;/h4,6,8-13H,2-3,5,7,14-15H2,1H3,(H2,20,22,23);1H. The molecule has 27 heavy (non-hydrogen) atoms. The molecule has 2 aromatic rings. The molecule has 146 valence electrons. The number of aliphatic imine (C=N–C) groups is 1. The van der Waals surface area contributed by atoms with E-state index in [0.717, 1.165) is 49.6 Å². The van der Waals surface area contributed by atoms with Gasteiger partial charge in [-0.3, -0.25) is 15.1 Å². The van der Waals surface area contributed by atoms with Crippen LogP contribution >= 0.6 is 24.0 Å². The molecular formula is C19H26IN5O2.